The van der Waals surface area contributed by atoms with Gasteiger partial charge in [0.15, 0.2) is 0 Å². The molecule has 142 valence electrons. The molecule has 0 aromatic heterocycles. The van der Waals surface area contributed by atoms with Gasteiger partial charge in [-0.2, -0.15) is 0 Å². The highest BCUT2D eigenvalue weighted by molar-refractivity contribution is 7.94. The van der Waals surface area contributed by atoms with Gasteiger partial charge in [0.2, 0.25) is 15.9 Å². The first kappa shape index (κ1) is 19.2. The average molecular weight is 409 g/mol. The molecule has 3 rings (SSSR count). The summed E-state index contributed by atoms with van der Waals surface area (Å²) in [5.41, 5.74) is 0.959. The number of sulfonamides is 1. The highest BCUT2D eigenvalue weighted by atomic mass is 35.5. The topological polar surface area (TPSA) is 92.8 Å². The van der Waals surface area contributed by atoms with Crippen molar-refractivity contribution in [2.24, 2.45) is 0 Å². The lowest BCUT2D eigenvalue weighted by Gasteiger charge is -2.16. The van der Waals surface area contributed by atoms with Crippen LogP contribution in [-0.4, -0.2) is 33.1 Å². The Balaban J connectivity index is 1.84. The van der Waals surface area contributed by atoms with Gasteiger partial charge < -0.3 is 10.1 Å². The summed E-state index contributed by atoms with van der Waals surface area (Å²) in [7, 11) is -2.18. The van der Waals surface area contributed by atoms with E-state index in [4.69, 9.17) is 16.3 Å². The molecule has 0 radical (unpaired) electrons. The van der Waals surface area contributed by atoms with Crippen molar-refractivity contribution in [3.63, 3.8) is 0 Å². The van der Waals surface area contributed by atoms with E-state index < -0.39 is 21.8 Å². The van der Waals surface area contributed by atoms with E-state index in [1.807, 2.05) is 18.2 Å². The molecule has 27 heavy (non-hydrogen) atoms. The number of anilines is 1. The number of carbonyl (C=O) groups is 2. The molecule has 0 aliphatic carbocycles. The number of rotatable bonds is 5. The van der Waals surface area contributed by atoms with Gasteiger partial charge in [0.05, 0.1) is 29.1 Å². The summed E-state index contributed by atoms with van der Waals surface area (Å²) in [4.78, 5) is 24.5. The third-order valence-corrected chi connectivity index (χ3v) is 6.16. The van der Waals surface area contributed by atoms with E-state index in [0.717, 1.165) is 9.87 Å². The van der Waals surface area contributed by atoms with Crippen LogP contribution in [-0.2, 0) is 21.4 Å². The van der Waals surface area contributed by atoms with E-state index >= 15 is 0 Å². The molecule has 9 heteroatoms. The van der Waals surface area contributed by atoms with Crippen LogP contribution in [0.3, 0.4) is 0 Å². The Morgan fingerprint density at radius 3 is 2.67 bits per heavy atom. The van der Waals surface area contributed by atoms with Gasteiger partial charge in [-0.3, -0.25) is 9.59 Å². The van der Waals surface area contributed by atoms with Crippen LogP contribution < -0.4 is 14.4 Å². The summed E-state index contributed by atoms with van der Waals surface area (Å²) in [6.07, 6.45) is -0.0830. The van der Waals surface area contributed by atoms with E-state index in [9.17, 15) is 18.0 Å². The number of hydrogen-bond donors (Lipinski definition) is 1. The number of hydrogen-bond acceptors (Lipinski definition) is 5. The summed E-state index contributed by atoms with van der Waals surface area (Å²) >= 11 is 6.11. The van der Waals surface area contributed by atoms with Crippen molar-refractivity contribution in [2.75, 3.05) is 17.2 Å². The van der Waals surface area contributed by atoms with Gasteiger partial charge in [-0.15, -0.1) is 0 Å². The zero-order valence-corrected chi connectivity index (χ0v) is 16.0. The molecule has 2 aromatic carbocycles. The molecule has 7 nitrogen and oxygen atoms in total. The van der Waals surface area contributed by atoms with Crippen LogP contribution in [0.25, 0.3) is 0 Å². The molecule has 1 aliphatic rings. The third kappa shape index (κ3) is 3.91. The first-order valence-electron chi connectivity index (χ1n) is 8.09. The van der Waals surface area contributed by atoms with Crippen LogP contribution in [0.2, 0.25) is 5.02 Å². The minimum absolute atomic E-state index is 0.0824. The maximum absolute atomic E-state index is 12.6. The van der Waals surface area contributed by atoms with Crippen LogP contribution in [0, 0.1) is 0 Å². The SMILES string of the molecule is COc1ccccc1CNC(=O)c1cc(N2C(=O)CCS2(=O)=O)ccc1Cl. The molecule has 0 saturated carbocycles. The lowest BCUT2D eigenvalue weighted by molar-refractivity contribution is -0.116. The summed E-state index contributed by atoms with van der Waals surface area (Å²) in [6.45, 7) is 0.199. The Kier molecular flexibility index (Phi) is 5.38. The Morgan fingerprint density at radius 2 is 2.00 bits per heavy atom. The van der Waals surface area contributed by atoms with Gasteiger partial charge in [-0.05, 0) is 24.3 Å². The normalized spacial score (nSPS) is 15.6. The quantitative estimate of drug-likeness (QED) is 0.819. The highest BCUT2D eigenvalue weighted by Gasteiger charge is 2.36. The maximum atomic E-state index is 12.6. The minimum Gasteiger partial charge on any atom is -0.496 e. The summed E-state index contributed by atoms with van der Waals surface area (Å²) < 4.78 is 30.1. The Morgan fingerprint density at radius 1 is 1.26 bits per heavy atom. The van der Waals surface area contributed by atoms with Crippen molar-refractivity contribution < 1.29 is 22.7 Å². The molecule has 1 aliphatic heterocycles. The molecular formula is C18H17ClN2O5S. The fourth-order valence-electron chi connectivity index (χ4n) is 2.80. The van der Waals surface area contributed by atoms with Gasteiger partial charge in [0.25, 0.3) is 5.91 Å². The lowest BCUT2D eigenvalue weighted by atomic mass is 10.1. The van der Waals surface area contributed by atoms with E-state index in [1.165, 1.54) is 25.3 Å². The van der Waals surface area contributed by atoms with Gasteiger partial charge in [-0.25, -0.2) is 12.7 Å². The second-order valence-electron chi connectivity index (χ2n) is 5.88. The fourth-order valence-corrected chi connectivity index (χ4v) is 4.46. The Bertz CT molecular complexity index is 1010. The zero-order chi connectivity index (χ0) is 19.6. The smallest absolute Gasteiger partial charge is 0.253 e. The number of nitrogens with one attached hydrogen (secondary N) is 1. The fraction of sp³-hybridized carbons (Fsp3) is 0.222. The number of ether oxygens (including phenoxy) is 1. The molecule has 0 bridgehead atoms. The number of carbonyl (C=O) groups excluding carboxylic acids is 2. The third-order valence-electron chi connectivity index (χ3n) is 4.14. The number of amides is 2. The monoisotopic (exact) mass is 408 g/mol. The minimum atomic E-state index is -3.72. The van der Waals surface area contributed by atoms with E-state index in [2.05, 4.69) is 5.32 Å². The highest BCUT2D eigenvalue weighted by Crippen LogP contribution is 2.29. The predicted molar refractivity (Wildman–Crippen MR) is 102 cm³/mol. The van der Waals surface area contributed by atoms with Crippen molar-refractivity contribution in [2.45, 2.75) is 13.0 Å². The molecule has 2 amide bonds. The van der Waals surface area contributed by atoms with Gasteiger partial charge >= 0.3 is 0 Å². The van der Waals surface area contributed by atoms with Gasteiger partial charge in [0.1, 0.15) is 5.75 Å². The number of methoxy groups -OCH3 is 1. The maximum Gasteiger partial charge on any atom is 0.253 e. The number of para-hydroxylation sites is 1. The van der Waals surface area contributed by atoms with Crippen molar-refractivity contribution in [1.82, 2.24) is 5.32 Å². The van der Waals surface area contributed by atoms with E-state index in [1.54, 1.807) is 6.07 Å². The summed E-state index contributed by atoms with van der Waals surface area (Å²) in [5, 5.41) is 2.88. The number of nitrogens with zero attached hydrogens (tertiary/aromatic N) is 1. The van der Waals surface area contributed by atoms with Gasteiger partial charge in [-0.1, -0.05) is 29.8 Å². The molecular weight excluding hydrogens is 392 g/mol. The van der Waals surface area contributed by atoms with Crippen molar-refractivity contribution >= 4 is 39.1 Å². The largest absolute Gasteiger partial charge is 0.496 e. The first-order chi connectivity index (χ1) is 12.8. The Hall–Kier alpha value is -2.58. The molecule has 1 heterocycles. The number of halogens is 1. The molecule has 1 saturated heterocycles. The van der Waals surface area contributed by atoms with Crippen molar-refractivity contribution in [3.8, 4) is 5.75 Å². The second kappa shape index (κ2) is 7.58. The molecule has 0 unspecified atom stereocenters. The van der Waals surface area contributed by atoms with Crippen LogP contribution in [0.15, 0.2) is 42.5 Å². The molecule has 1 N–H and O–H groups in total. The Labute approximate surface area is 161 Å². The molecule has 2 aromatic rings. The van der Waals surface area contributed by atoms with E-state index in [-0.39, 0.29) is 35.0 Å². The molecule has 0 spiro atoms. The van der Waals surface area contributed by atoms with Crippen LogP contribution in [0.1, 0.15) is 22.3 Å². The summed E-state index contributed by atoms with van der Waals surface area (Å²) in [5.74, 6) is -0.634. The van der Waals surface area contributed by atoms with Crippen LogP contribution >= 0.6 is 11.6 Å². The van der Waals surface area contributed by atoms with E-state index in [0.29, 0.717) is 5.75 Å². The lowest BCUT2D eigenvalue weighted by Crippen LogP contribution is -2.30. The predicted octanol–water partition coefficient (Wildman–Crippen LogP) is 2.35. The van der Waals surface area contributed by atoms with Crippen molar-refractivity contribution in [1.29, 1.82) is 0 Å². The average Bonchev–Trinajstić information content (AvgIpc) is 2.93. The zero-order valence-electron chi connectivity index (χ0n) is 14.4. The van der Waals surface area contributed by atoms with Crippen LogP contribution in [0.4, 0.5) is 5.69 Å². The summed E-state index contributed by atoms with van der Waals surface area (Å²) in [6, 6.07) is 11.3. The van der Waals surface area contributed by atoms with Crippen molar-refractivity contribution in [3.05, 3.63) is 58.6 Å². The number of benzene rings is 2. The van der Waals surface area contributed by atoms with Gasteiger partial charge in [0, 0.05) is 18.5 Å². The standard InChI is InChI=1S/C18H17ClN2O5S/c1-26-16-5-3-2-4-12(16)11-20-18(23)14-10-13(6-7-15(14)19)21-17(22)8-9-27(21,24)25/h2-7,10H,8-9,11H2,1H3,(H,20,23). The van der Waals surface area contributed by atoms with Crippen LogP contribution in [0.5, 0.6) is 5.75 Å². The first-order valence-corrected chi connectivity index (χ1v) is 10.1. The molecule has 1 fully saturated rings. The molecule has 0 atom stereocenters. The second-order valence-corrected chi connectivity index (χ2v) is 8.23.